The second kappa shape index (κ2) is 10.1. The van der Waals surface area contributed by atoms with E-state index < -0.39 is 0 Å². The van der Waals surface area contributed by atoms with Crippen molar-refractivity contribution in [2.75, 3.05) is 0 Å². The quantitative estimate of drug-likeness (QED) is 0.246. The maximum absolute atomic E-state index is 13.2. The number of fused-ring (bicyclic) bond motifs is 1. The minimum atomic E-state index is -0.230. The Balaban J connectivity index is 1.34. The van der Waals surface area contributed by atoms with Crippen molar-refractivity contribution in [3.05, 3.63) is 114 Å². The monoisotopic (exact) mass is 465 g/mol. The molecule has 0 spiro atoms. The molecule has 5 aromatic rings. The van der Waals surface area contributed by atoms with Gasteiger partial charge in [0.1, 0.15) is 18.2 Å². The van der Waals surface area contributed by atoms with Crippen molar-refractivity contribution in [2.24, 2.45) is 5.92 Å². The lowest BCUT2D eigenvalue weighted by atomic mass is 9.96. The van der Waals surface area contributed by atoms with Gasteiger partial charge in [-0.3, -0.25) is 4.68 Å². The molecular formula is C30H28FN3O. The first-order valence-electron chi connectivity index (χ1n) is 11.9. The smallest absolute Gasteiger partial charge is 0.130 e. The maximum Gasteiger partial charge on any atom is 0.130 e. The van der Waals surface area contributed by atoms with Gasteiger partial charge in [-0.05, 0) is 72.0 Å². The van der Waals surface area contributed by atoms with Crippen molar-refractivity contribution in [2.45, 2.75) is 33.4 Å². The molecule has 176 valence electrons. The Morgan fingerprint density at radius 3 is 2.57 bits per heavy atom. The molecule has 0 N–H and O–H groups in total. The van der Waals surface area contributed by atoms with Gasteiger partial charge in [0, 0.05) is 17.1 Å². The van der Waals surface area contributed by atoms with Crippen LogP contribution >= 0.6 is 0 Å². The van der Waals surface area contributed by atoms with Gasteiger partial charge in [0.25, 0.3) is 0 Å². The molecule has 0 fully saturated rings. The van der Waals surface area contributed by atoms with Crippen molar-refractivity contribution in [1.82, 2.24) is 14.8 Å². The van der Waals surface area contributed by atoms with E-state index >= 15 is 0 Å². The van der Waals surface area contributed by atoms with Gasteiger partial charge in [0.15, 0.2) is 0 Å². The number of hydrogen-bond donors (Lipinski definition) is 0. The first-order chi connectivity index (χ1) is 17.0. The number of halogens is 1. The molecule has 0 unspecified atom stereocenters. The zero-order chi connectivity index (χ0) is 24.2. The van der Waals surface area contributed by atoms with Crippen molar-refractivity contribution in [3.8, 4) is 17.0 Å². The van der Waals surface area contributed by atoms with Crippen LogP contribution in [-0.4, -0.2) is 14.8 Å². The minimum absolute atomic E-state index is 0.230. The van der Waals surface area contributed by atoms with Crippen LogP contribution in [-0.2, 0) is 19.6 Å². The average Bonchev–Trinajstić information content (AvgIpc) is 3.32. The molecule has 4 nitrogen and oxygen atoms in total. The molecule has 5 rings (SSSR count). The van der Waals surface area contributed by atoms with E-state index in [0.717, 1.165) is 45.6 Å². The van der Waals surface area contributed by atoms with Gasteiger partial charge in [-0.25, -0.2) is 9.37 Å². The van der Waals surface area contributed by atoms with Crippen molar-refractivity contribution < 1.29 is 9.13 Å². The molecular weight excluding hydrogens is 437 g/mol. The first kappa shape index (κ1) is 22.8. The van der Waals surface area contributed by atoms with Gasteiger partial charge in [-0.15, -0.1) is 0 Å². The zero-order valence-electron chi connectivity index (χ0n) is 20.0. The summed E-state index contributed by atoms with van der Waals surface area (Å²) in [6.07, 6.45) is 2.89. The van der Waals surface area contributed by atoms with Crippen LogP contribution in [0.25, 0.3) is 22.2 Å². The molecule has 5 heteroatoms. The highest BCUT2D eigenvalue weighted by atomic mass is 19.1. The summed E-state index contributed by atoms with van der Waals surface area (Å²) < 4.78 is 21.2. The number of ether oxygens (including phenoxy) is 1. The minimum Gasteiger partial charge on any atom is -0.487 e. The number of nitrogens with zero attached hydrogens (tertiary/aromatic N) is 3. The summed E-state index contributed by atoms with van der Waals surface area (Å²) in [6, 6.07) is 27.0. The molecule has 0 aliphatic carbocycles. The van der Waals surface area contributed by atoms with E-state index in [0.29, 0.717) is 19.1 Å². The third kappa shape index (κ3) is 5.57. The summed E-state index contributed by atoms with van der Waals surface area (Å²) in [5, 5.41) is 5.91. The van der Waals surface area contributed by atoms with Crippen molar-refractivity contribution >= 4 is 10.9 Å². The van der Waals surface area contributed by atoms with Gasteiger partial charge in [-0.2, -0.15) is 5.10 Å². The second-order valence-electron chi connectivity index (χ2n) is 9.23. The van der Waals surface area contributed by atoms with E-state index in [1.54, 1.807) is 12.1 Å². The molecule has 35 heavy (non-hydrogen) atoms. The third-order valence-corrected chi connectivity index (χ3v) is 5.92. The van der Waals surface area contributed by atoms with E-state index in [1.807, 2.05) is 47.3 Å². The van der Waals surface area contributed by atoms with Crippen LogP contribution in [0.5, 0.6) is 5.75 Å². The number of benzene rings is 3. The summed E-state index contributed by atoms with van der Waals surface area (Å²) in [5.41, 5.74) is 6.11. The molecule has 0 aliphatic rings. The van der Waals surface area contributed by atoms with Crippen LogP contribution in [0.1, 0.15) is 30.7 Å². The summed E-state index contributed by atoms with van der Waals surface area (Å²) in [5.74, 6) is 1.09. The standard InChI is InChI=1S/C30H28FN3O/c1-21(2)17-24-18-27(35-20-26-12-9-23-5-3-4-6-29(23)32-26)13-14-28(24)30-15-16-34(33-30)19-22-7-10-25(31)11-8-22/h3-16,18,21H,17,19-20H2,1-2H3. The van der Waals surface area contributed by atoms with Gasteiger partial charge in [0.05, 0.1) is 23.4 Å². The lowest BCUT2D eigenvalue weighted by molar-refractivity contribution is 0.301. The van der Waals surface area contributed by atoms with Crippen molar-refractivity contribution in [1.29, 1.82) is 0 Å². The molecule has 0 atom stereocenters. The van der Waals surface area contributed by atoms with Gasteiger partial charge < -0.3 is 4.74 Å². The van der Waals surface area contributed by atoms with Crippen LogP contribution in [0.15, 0.2) is 91.1 Å². The molecule has 0 amide bonds. The average molecular weight is 466 g/mol. The van der Waals surface area contributed by atoms with Crippen LogP contribution in [0.4, 0.5) is 4.39 Å². The van der Waals surface area contributed by atoms with E-state index in [2.05, 4.69) is 38.1 Å². The molecule has 2 heterocycles. The van der Waals surface area contributed by atoms with Crippen LogP contribution in [0.2, 0.25) is 0 Å². The third-order valence-electron chi connectivity index (χ3n) is 5.92. The lowest BCUT2D eigenvalue weighted by Gasteiger charge is -2.13. The van der Waals surface area contributed by atoms with E-state index in [4.69, 9.17) is 14.8 Å². The molecule has 0 bridgehead atoms. The molecule has 0 saturated carbocycles. The topological polar surface area (TPSA) is 39.9 Å². The highest BCUT2D eigenvalue weighted by Crippen LogP contribution is 2.29. The van der Waals surface area contributed by atoms with Crippen LogP contribution < -0.4 is 4.74 Å². The summed E-state index contributed by atoms with van der Waals surface area (Å²) in [6.45, 7) is 5.43. The Kier molecular flexibility index (Phi) is 6.57. The fourth-order valence-electron chi connectivity index (χ4n) is 4.23. The first-order valence-corrected chi connectivity index (χ1v) is 11.9. The predicted octanol–water partition coefficient (Wildman–Crippen LogP) is 7.06. The highest BCUT2D eigenvalue weighted by molar-refractivity contribution is 5.78. The van der Waals surface area contributed by atoms with Crippen LogP contribution in [0.3, 0.4) is 0 Å². The number of para-hydroxylation sites is 1. The van der Waals surface area contributed by atoms with Gasteiger partial charge in [-0.1, -0.05) is 50.2 Å². The van der Waals surface area contributed by atoms with Crippen molar-refractivity contribution in [3.63, 3.8) is 0 Å². The second-order valence-corrected chi connectivity index (χ2v) is 9.23. The summed E-state index contributed by atoms with van der Waals surface area (Å²) in [4.78, 5) is 4.71. The fraction of sp³-hybridized carbons (Fsp3) is 0.200. The van der Waals surface area contributed by atoms with E-state index in [-0.39, 0.29) is 5.82 Å². The number of hydrogen-bond acceptors (Lipinski definition) is 3. The SMILES string of the molecule is CC(C)Cc1cc(OCc2ccc3ccccc3n2)ccc1-c1ccn(Cc2ccc(F)cc2)n1. The molecule has 2 aromatic heterocycles. The molecule has 0 radical (unpaired) electrons. The Hall–Kier alpha value is -3.99. The Labute approximate surface area is 205 Å². The van der Waals surface area contributed by atoms with Crippen LogP contribution in [0, 0.1) is 11.7 Å². The number of aromatic nitrogens is 3. The molecule has 0 saturated heterocycles. The Bertz CT molecular complexity index is 1440. The number of pyridine rings is 1. The highest BCUT2D eigenvalue weighted by Gasteiger charge is 2.12. The van der Waals surface area contributed by atoms with Gasteiger partial charge >= 0.3 is 0 Å². The predicted molar refractivity (Wildman–Crippen MR) is 138 cm³/mol. The Morgan fingerprint density at radius 2 is 1.74 bits per heavy atom. The van der Waals surface area contributed by atoms with Gasteiger partial charge in [0.2, 0.25) is 0 Å². The summed E-state index contributed by atoms with van der Waals surface area (Å²) >= 11 is 0. The molecule has 3 aromatic carbocycles. The normalized spacial score (nSPS) is 11.3. The Morgan fingerprint density at radius 1 is 0.914 bits per heavy atom. The zero-order valence-corrected chi connectivity index (χ0v) is 20.0. The lowest BCUT2D eigenvalue weighted by Crippen LogP contribution is -2.03. The fourth-order valence-corrected chi connectivity index (χ4v) is 4.23. The summed E-state index contributed by atoms with van der Waals surface area (Å²) in [7, 11) is 0. The van der Waals surface area contributed by atoms with E-state index in [9.17, 15) is 4.39 Å². The maximum atomic E-state index is 13.2. The number of rotatable bonds is 8. The largest absolute Gasteiger partial charge is 0.487 e. The van der Waals surface area contributed by atoms with E-state index in [1.165, 1.54) is 17.7 Å². The molecule has 0 aliphatic heterocycles.